The minimum atomic E-state index is -4.57. The number of hydrogen-bond donors (Lipinski definition) is 1. The highest BCUT2D eigenvalue weighted by Crippen LogP contribution is 2.47. The van der Waals surface area contributed by atoms with E-state index >= 15 is 0 Å². The Morgan fingerprint density at radius 2 is 2.00 bits per heavy atom. The fourth-order valence-corrected chi connectivity index (χ4v) is 3.05. The summed E-state index contributed by atoms with van der Waals surface area (Å²) in [7, 11) is 0. The van der Waals surface area contributed by atoms with Gasteiger partial charge in [-0.3, -0.25) is 4.79 Å². The number of halogens is 3. The Morgan fingerprint density at radius 1 is 1.35 bits per heavy atom. The molecular formula is C16H15F3N2O2. The summed E-state index contributed by atoms with van der Waals surface area (Å²) in [5.41, 5.74) is -0.258. The highest BCUT2D eigenvalue weighted by Gasteiger charge is 2.39. The molecule has 2 fully saturated rings. The third-order valence-electron chi connectivity index (χ3n) is 4.37. The number of carboxylic acid groups (broad SMARTS) is 1. The lowest BCUT2D eigenvalue weighted by atomic mass is 9.92. The summed E-state index contributed by atoms with van der Waals surface area (Å²) in [6.45, 7) is 0.860. The van der Waals surface area contributed by atoms with E-state index in [0.29, 0.717) is 24.3 Å². The maximum absolute atomic E-state index is 13.3. The third-order valence-corrected chi connectivity index (χ3v) is 4.37. The van der Waals surface area contributed by atoms with E-state index in [0.717, 1.165) is 18.9 Å². The van der Waals surface area contributed by atoms with Crippen LogP contribution in [0.1, 0.15) is 41.9 Å². The molecule has 23 heavy (non-hydrogen) atoms. The molecule has 3 rings (SSSR count). The first kappa shape index (κ1) is 15.7. The van der Waals surface area contributed by atoms with E-state index in [4.69, 9.17) is 10.4 Å². The van der Waals surface area contributed by atoms with Gasteiger partial charge in [0.25, 0.3) is 0 Å². The van der Waals surface area contributed by atoms with Crippen molar-refractivity contribution >= 4 is 11.7 Å². The fourth-order valence-electron chi connectivity index (χ4n) is 3.05. The molecule has 2 aliphatic rings. The quantitative estimate of drug-likeness (QED) is 0.922. The predicted octanol–water partition coefficient (Wildman–Crippen LogP) is 3.37. The van der Waals surface area contributed by atoms with Crippen molar-refractivity contribution in [2.75, 3.05) is 18.0 Å². The summed E-state index contributed by atoms with van der Waals surface area (Å²) in [5.74, 6) is -0.909. The minimum Gasteiger partial charge on any atom is -0.481 e. The van der Waals surface area contributed by atoms with Crippen molar-refractivity contribution in [3.05, 3.63) is 28.8 Å². The molecular weight excluding hydrogens is 309 g/mol. The summed E-state index contributed by atoms with van der Waals surface area (Å²) in [4.78, 5) is 12.4. The van der Waals surface area contributed by atoms with Gasteiger partial charge in [-0.2, -0.15) is 18.4 Å². The van der Waals surface area contributed by atoms with Crippen LogP contribution in [0.15, 0.2) is 12.1 Å². The van der Waals surface area contributed by atoms with Gasteiger partial charge in [0.1, 0.15) is 6.07 Å². The van der Waals surface area contributed by atoms with Crippen molar-refractivity contribution < 1.29 is 23.1 Å². The van der Waals surface area contributed by atoms with Crippen LogP contribution in [-0.4, -0.2) is 24.2 Å². The number of nitrogens with zero attached hydrogens (tertiary/aromatic N) is 2. The summed E-state index contributed by atoms with van der Waals surface area (Å²) in [5, 5.41) is 17.9. The van der Waals surface area contributed by atoms with Crippen molar-refractivity contribution in [1.29, 1.82) is 5.26 Å². The van der Waals surface area contributed by atoms with Gasteiger partial charge in [-0.05, 0) is 36.5 Å². The van der Waals surface area contributed by atoms with E-state index in [1.165, 1.54) is 0 Å². The van der Waals surface area contributed by atoms with Gasteiger partial charge in [0.2, 0.25) is 0 Å². The number of rotatable bonds is 4. The van der Waals surface area contributed by atoms with Gasteiger partial charge in [-0.25, -0.2) is 0 Å². The fraction of sp³-hybridized carbons (Fsp3) is 0.500. The summed E-state index contributed by atoms with van der Waals surface area (Å²) >= 11 is 0. The van der Waals surface area contributed by atoms with E-state index < -0.39 is 17.7 Å². The number of alkyl halides is 3. The summed E-state index contributed by atoms with van der Waals surface area (Å²) < 4.78 is 39.8. The van der Waals surface area contributed by atoms with Crippen LogP contribution in [0, 0.1) is 17.2 Å². The van der Waals surface area contributed by atoms with Gasteiger partial charge in [0, 0.05) is 24.7 Å². The molecule has 0 radical (unpaired) electrons. The lowest BCUT2D eigenvalue weighted by Crippen LogP contribution is -2.47. The average molecular weight is 324 g/mol. The van der Waals surface area contributed by atoms with Crippen LogP contribution in [0.25, 0.3) is 0 Å². The normalized spacial score (nSPS) is 18.4. The second-order valence-corrected chi connectivity index (χ2v) is 6.21. The van der Waals surface area contributed by atoms with Crippen LogP contribution in [0.2, 0.25) is 0 Å². The highest BCUT2D eigenvalue weighted by atomic mass is 19.4. The molecule has 4 nitrogen and oxygen atoms in total. The lowest BCUT2D eigenvalue weighted by Gasteiger charge is -2.41. The van der Waals surface area contributed by atoms with E-state index in [9.17, 15) is 18.0 Å². The first-order valence-corrected chi connectivity index (χ1v) is 7.41. The zero-order chi connectivity index (χ0) is 16.8. The number of benzene rings is 1. The highest BCUT2D eigenvalue weighted by molar-refractivity contribution is 5.68. The first-order valence-electron chi connectivity index (χ1n) is 7.41. The predicted molar refractivity (Wildman–Crippen MR) is 76.1 cm³/mol. The Balaban J connectivity index is 1.92. The van der Waals surface area contributed by atoms with Gasteiger partial charge in [0.15, 0.2) is 0 Å². The Labute approximate surface area is 131 Å². The number of anilines is 1. The van der Waals surface area contributed by atoms with Crippen molar-refractivity contribution in [2.24, 2.45) is 5.92 Å². The molecule has 0 spiro atoms. The Bertz CT molecular complexity index is 684. The van der Waals surface area contributed by atoms with Gasteiger partial charge in [-0.15, -0.1) is 0 Å². The van der Waals surface area contributed by atoms with Gasteiger partial charge in [-0.1, -0.05) is 0 Å². The smallest absolute Gasteiger partial charge is 0.417 e. The molecule has 1 aliphatic carbocycles. The van der Waals surface area contributed by atoms with Crippen molar-refractivity contribution in [1.82, 2.24) is 0 Å². The van der Waals surface area contributed by atoms with Crippen LogP contribution in [0.3, 0.4) is 0 Å². The van der Waals surface area contributed by atoms with Gasteiger partial charge < -0.3 is 10.0 Å². The lowest BCUT2D eigenvalue weighted by molar-refractivity contribution is -0.138. The molecule has 1 saturated heterocycles. The molecule has 7 heteroatoms. The monoisotopic (exact) mass is 324 g/mol. The molecule has 122 valence electrons. The largest absolute Gasteiger partial charge is 0.481 e. The van der Waals surface area contributed by atoms with Crippen LogP contribution in [0.4, 0.5) is 18.9 Å². The number of nitriles is 1. The Hall–Kier alpha value is -2.23. The molecule has 1 N–H and O–H groups in total. The molecule has 1 aliphatic heterocycles. The number of hydrogen-bond acceptors (Lipinski definition) is 3. The topological polar surface area (TPSA) is 64.3 Å². The van der Waals surface area contributed by atoms with Crippen LogP contribution >= 0.6 is 0 Å². The van der Waals surface area contributed by atoms with E-state index in [-0.39, 0.29) is 23.8 Å². The standard InChI is InChI=1S/C16H15F3N2O2/c17-16(18,19)14-5-11(21-7-9(8-21)3-15(22)23)4-12(10-1-2-10)13(14)6-20/h4-5,9-10H,1-3,7-8H2,(H,22,23). The maximum atomic E-state index is 13.3. The van der Waals surface area contributed by atoms with E-state index in [1.807, 2.05) is 0 Å². The molecule has 1 saturated carbocycles. The van der Waals surface area contributed by atoms with Crippen molar-refractivity contribution in [3.63, 3.8) is 0 Å². The molecule has 1 aromatic carbocycles. The third kappa shape index (κ3) is 3.11. The van der Waals surface area contributed by atoms with E-state index in [2.05, 4.69) is 0 Å². The number of aliphatic carboxylic acids is 1. The SMILES string of the molecule is N#Cc1c(C2CC2)cc(N2CC(CC(=O)O)C2)cc1C(F)(F)F. The molecule has 1 heterocycles. The second kappa shape index (κ2) is 5.44. The van der Waals surface area contributed by atoms with Crippen molar-refractivity contribution in [2.45, 2.75) is 31.4 Å². The second-order valence-electron chi connectivity index (χ2n) is 6.21. The Kier molecular flexibility index (Phi) is 3.71. The Morgan fingerprint density at radius 3 is 2.48 bits per heavy atom. The molecule has 0 atom stereocenters. The molecule has 1 aromatic rings. The summed E-state index contributed by atoms with van der Waals surface area (Å²) in [6, 6.07) is 4.40. The average Bonchev–Trinajstić information content (AvgIpc) is 3.24. The minimum absolute atomic E-state index is 0.0222. The number of carboxylic acids is 1. The maximum Gasteiger partial charge on any atom is 0.417 e. The van der Waals surface area contributed by atoms with Crippen LogP contribution in [-0.2, 0) is 11.0 Å². The molecule has 0 bridgehead atoms. The molecule has 0 aromatic heterocycles. The summed E-state index contributed by atoms with van der Waals surface area (Å²) in [6.07, 6.45) is -2.95. The zero-order valence-electron chi connectivity index (χ0n) is 12.2. The first-order chi connectivity index (χ1) is 10.8. The van der Waals surface area contributed by atoms with Crippen LogP contribution < -0.4 is 4.90 Å². The molecule has 0 amide bonds. The van der Waals surface area contributed by atoms with Gasteiger partial charge in [0.05, 0.1) is 17.5 Å². The van der Waals surface area contributed by atoms with Crippen LogP contribution in [0.5, 0.6) is 0 Å². The number of carbonyl (C=O) groups is 1. The zero-order valence-corrected chi connectivity index (χ0v) is 12.2. The van der Waals surface area contributed by atoms with Crippen molar-refractivity contribution in [3.8, 4) is 6.07 Å². The molecule has 0 unspecified atom stereocenters. The van der Waals surface area contributed by atoms with E-state index in [1.54, 1.807) is 17.0 Å². The van der Waals surface area contributed by atoms with Gasteiger partial charge >= 0.3 is 12.1 Å².